The lowest BCUT2D eigenvalue weighted by Crippen LogP contribution is -2.15. The van der Waals surface area contributed by atoms with Crippen molar-refractivity contribution in [1.29, 1.82) is 0 Å². The van der Waals surface area contributed by atoms with E-state index in [1.807, 2.05) is 64.1 Å². The van der Waals surface area contributed by atoms with Crippen molar-refractivity contribution in [3.63, 3.8) is 0 Å². The van der Waals surface area contributed by atoms with Crippen LogP contribution in [-0.2, 0) is 9.84 Å². The number of carbonyl (C=O) groups excluding carboxylic acids is 1. The Morgan fingerprint density at radius 2 is 1.19 bits per heavy atom. The van der Waals surface area contributed by atoms with Crippen molar-refractivity contribution in [2.24, 2.45) is 0 Å². The molecule has 0 saturated heterocycles. The highest BCUT2D eigenvalue weighted by Gasteiger charge is 2.36. The molecule has 0 aromatic heterocycles. The van der Waals surface area contributed by atoms with Crippen LogP contribution in [0.5, 0.6) is 0 Å². The molecule has 3 aromatic carbocycles. The van der Waals surface area contributed by atoms with Crippen LogP contribution in [0.3, 0.4) is 0 Å². The van der Waals surface area contributed by atoms with E-state index >= 15 is 0 Å². The average molecular weight is 447 g/mol. The second kappa shape index (κ2) is 8.00. The smallest absolute Gasteiger partial charge is 0.207 e. The molecule has 0 saturated carbocycles. The normalized spacial score (nSPS) is 13.2. The number of rotatable bonds is 5. The molecule has 0 atom stereocenters. The summed E-state index contributed by atoms with van der Waals surface area (Å²) in [7, 11) is -3.93. The number of carbonyl (C=O) groups is 1. The van der Waals surface area contributed by atoms with Gasteiger partial charge in [-0.15, -0.1) is 0 Å². The summed E-state index contributed by atoms with van der Waals surface area (Å²) in [6.07, 6.45) is 0. The van der Waals surface area contributed by atoms with Gasteiger partial charge in [-0.2, -0.15) is 0 Å². The van der Waals surface area contributed by atoms with Crippen molar-refractivity contribution < 1.29 is 13.2 Å². The molecule has 1 aliphatic rings. The first-order chi connectivity index (χ1) is 15.1. The van der Waals surface area contributed by atoms with E-state index < -0.39 is 9.84 Å². The Bertz CT molecular complexity index is 1300. The molecule has 0 fully saturated rings. The quantitative estimate of drug-likeness (QED) is 0.328. The van der Waals surface area contributed by atoms with Gasteiger partial charge in [0.15, 0.2) is 5.78 Å². The third-order valence-electron chi connectivity index (χ3n) is 6.35. The minimum absolute atomic E-state index is 0.0284. The molecule has 0 bridgehead atoms. The minimum atomic E-state index is -3.93. The van der Waals surface area contributed by atoms with Gasteiger partial charge in [0.1, 0.15) is 0 Å². The number of hydrogen-bond donors (Lipinski definition) is 0. The first-order valence-electron chi connectivity index (χ1n) is 11.3. The van der Waals surface area contributed by atoms with E-state index in [0.717, 1.165) is 22.3 Å². The maximum absolute atomic E-state index is 14.3. The van der Waals surface area contributed by atoms with E-state index in [2.05, 4.69) is 13.8 Å². The van der Waals surface area contributed by atoms with E-state index in [1.165, 1.54) is 0 Å². The van der Waals surface area contributed by atoms with Gasteiger partial charge in [-0.1, -0.05) is 90.1 Å². The van der Waals surface area contributed by atoms with E-state index in [1.54, 1.807) is 18.2 Å². The largest absolute Gasteiger partial charge is 0.289 e. The molecule has 0 heterocycles. The summed E-state index contributed by atoms with van der Waals surface area (Å²) in [6.45, 7) is 12.4. The third-order valence-corrected chi connectivity index (χ3v) is 8.28. The summed E-state index contributed by atoms with van der Waals surface area (Å²) >= 11 is 0. The van der Waals surface area contributed by atoms with Crippen LogP contribution in [-0.4, -0.2) is 14.2 Å². The van der Waals surface area contributed by atoms with Gasteiger partial charge in [-0.3, -0.25) is 4.79 Å². The van der Waals surface area contributed by atoms with Crippen LogP contribution < -0.4 is 0 Å². The van der Waals surface area contributed by atoms with Gasteiger partial charge in [0.05, 0.1) is 9.79 Å². The lowest BCUT2D eigenvalue weighted by molar-refractivity contribution is 0.104. The van der Waals surface area contributed by atoms with Gasteiger partial charge in [-0.25, -0.2) is 8.42 Å². The fourth-order valence-electron chi connectivity index (χ4n) is 4.57. The average Bonchev–Trinajstić information content (AvgIpc) is 3.05. The zero-order valence-electron chi connectivity index (χ0n) is 19.6. The molecule has 166 valence electrons. The Hall–Kier alpha value is -2.72. The van der Waals surface area contributed by atoms with Crippen molar-refractivity contribution >= 4 is 15.6 Å². The number of fused-ring (bicyclic) bond motifs is 3. The summed E-state index contributed by atoms with van der Waals surface area (Å²) in [4.78, 5) is 13.8. The zero-order chi connectivity index (χ0) is 23.4. The SMILES string of the molecule is CC(C)c1cc(C(C)C)c(S(=O)(=O)c2cccc3c2C(=O)c2ccccc2-3)c(C(C)C)c1. The van der Waals surface area contributed by atoms with Gasteiger partial charge in [0.25, 0.3) is 0 Å². The Morgan fingerprint density at radius 1 is 0.656 bits per heavy atom. The van der Waals surface area contributed by atoms with Crippen molar-refractivity contribution in [2.75, 3.05) is 0 Å². The minimum Gasteiger partial charge on any atom is -0.289 e. The van der Waals surface area contributed by atoms with E-state index in [4.69, 9.17) is 0 Å². The lowest BCUT2D eigenvalue weighted by Gasteiger charge is -2.23. The highest BCUT2D eigenvalue weighted by molar-refractivity contribution is 7.91. The first kappa shape index (κ1) is 22.5. The molecule has 1 aliphatic carbocycles. The molecule has 3 aromatic rings. The van der Waals surface area contributed by atoms with E-state index in [9.17, 15) is 13.2 Å². The van der Waals surface area contributed by atoms with Crippen molar-refractivity contribution in [2.45, 2.75) is 69.1 Å². The summed E-state index contributed by atoms with van der Waals surface area (Å²) in [5.41, 5.74) is 5.13. The van der Waals surface area contributed by atoms with Crippen LogP contribution >= 0.6 is 0 Å². The Kier molecular flexibility index (Phi) is 5.62. The standard InChI is InChI=1S/C28H30O3S/c1-16(2)19-14-23(17(3)4)28(24(15-19)18(5)6)32(30,31)25-13-9-12-21-20-10-7-8-11-22(20)27(29)26(21)25/h7-18H,1-6H3. The number of ketones is 1. The van der Waals surface area contributed by atoms with E-state index in [-0.39, 0.29) is 22.5 Å². The number of benzene rings is 3. The fraction of sp³-hybridized carbons (Fsp3) is 0.321. The molecule has 32 heavy (non-hydrogen) atoms. The van der Waals surface area contributed by atoms with E-state index in [0.29, 0.717) is 27.5 Å². The van der Waals surface area contributed by atoms with Crippen LogP contribution in [0.15, 0.2) is 64.4 Å². The second-order valence-corrected chi connectivity index (χ2v) is 11.4. The predicted molar refractivity (Wildman–Crippen MR) is 129 cm³/mol. The molecule has 0 N–H and O–H groups in total. The van der Waals surface area contributed by atoms with Gasteiger partial charge >= 0.3 is 0 Å². The summed E-state index contributed by atoms with van der Waals surface area (Å²) in [5, 5.41) is 0. The van der Waals surface area contributed by atoms with Gasteiger partial charge < -0.3 is 0 Å². The first-order valence-corrected chi connectivity index (χ1v) is 12.7. The second-order valence-electron chi connectivity index (χ2n) is 9.55. The van der Waals surface area contributed by atoms with Gasteiger partial charge in [0, 0.05) is 11.1 Å². The van der Waals surface area contributed by atoms with Crippen LogP contribution in [0.2, 0.25) is 0 Å². The lowest BCUT2D eigenvalue weighted by atomic mass is 9.89. The van der Waals surface area contributed by atoms with Crippen LogP contribution in [0.4, 0.5) is 0 Å². The molecule has 0 spiro atoms. The monoisotopic (exact) mass is 446 g/mol. The van der Waals surface area contributed by atoms with Crippen molar-refractivity contribution in [3.05, 3.63) is 82.4 Å². The molecule has 4 rings (SSSR count). The van der Waals surface area contributed by atoms with Crippen LogP contribution in [0, 0.1) is 0 Å². The Labute approximate surface area is 191 Å². The zero-order valence-corrected chi connectivity index (χ0v) is 20.4. The van der Waals surface area contributed by atoms with Gasteiger partial charge in [-0.05, 0) is 51.6 Å². The highest BCUT2D eigenvalue weighted by atomic mass is 32.2. The highest BCUT2D eigenvalue weighted by Crippen LogP contribution is 2.43. The predicted octanol–water partition coefficient (Wildman–Crippen LogP) is 7.10. The molecule has 0 amide bonds. The molecule has 4 heteroatoms. The summed E-state index contributed by atoms with van der Waals surface area (Å²) in [5.74, 6) is 0.130. The maximum atomic E-state index is 14.3. The van der Waals surface area contributed by atoms with Crippen molar-refractivity contribution in [1.82, 2.24) is 0 Å². The van der Waals surface area contributed by atoms with Crippen molar-refractivity contribution in [3.8, 4) is 11.1 Å². The van der Waals surface area contributed by atoms with Gasteiger partial charge in [0.2, 0.25) is 9.84 Å². The number of hydrogen-bond acceptors (Lipinski definition) is 3. The Morgan fingerprint density at radius 3 is 1.72 bits per heavy atom. The third kappa shape index (κ3) is 3.41. The summed E-state index contributed by atoms with van der Waals surface area (Å²) in [6, 6.07) is 16.6. The maximum Gasteiger partial charge on any atom is 0.207 e. The molecule has 0 radical (unpaired) electrons. The summed E-state index contributed by atoms with van der Waals surface area (Å²) < 4.78 is 28.5. The fourth-order valence-corrected chi connectivity index (χ4v) is 6.73. The Balaban J connectivity index is 2.05. The van der Waals surface area contributed by atoms with Crippen LogP contribution in [0.1, 0.15) is 91.9 Å². The molecule has 0 aliphatic heterocycles. The van der Waals surface area contributed by atoms with Crippen LogP contribution in [0.25, 0.3) is 11.1 Å². The number of sulfone groups is 1. The molecule has 3 nitrogen and oxygen atoms in total. The molecule has 0 unspecified atom stereocenters. The molecular weight excluding hydrogens is 416 g/mol. The molecular formula is C28H30O3S. The topological polar surface area (TPSA) is 51.2 Å².